The molecule has 0 aliphatic heterocycles. The standard InChI is InChI=1S/C21H19N5O2/c1-14-22-9-16(10-23-14)20-8-18(7-15-5-3-4-6-19(15)20)28-13-21(27)25-17-11-24-26(2)12-17/h3-12H,13H2,1-2H3,(H,25,27). The van der Waals surface area contributed by atoms with Crippen molar-refractivity contribution in [1.82, 2.24) is 19.7 Å². The van der Waals surface area contributed by atoms with E-state index >= 15 is 0 Å². The third-order valence-corrected chi connectivity index (χ3v) is 4.29. The van der Waals surface area contributed by atoms with Crippen LogP contribution in [0, 0.1) is 6.92 Å². The van der Waals surface area contributed by atoms with Crippen molar-refractivity contribution in [2.45, 2.75) is 6.92 Å². The minimum Gasteiger partial charge on any atom is -0.484 e. The van der Waals surface area contributed by atoms with Crippen molar-refractivity contribution in [3.05, 3.63) is 67.0 Å². The minimum absolute atomic E-state index is 0.100. The van der Waals surface area contributed by atoms with Crippen molar-refractivity contribution in [3.8, 4) is 16.9 Å². The largest absolute Gasteiger partial charge is 0.484 e. The maximum atomic E-state index is 12.2. The number of amides is 1. The highest BCUT2D eigenvalue weighted by atomic mass is 16.5. The summed E-state index contributed by atoms with van der Waals surface area (Å²) in [5.74, 6) is 1.07. The Balaban J connectivity index is 1.59. The molecule has 7 nitrogen and oxygen atoms in total. The summed E-state index contributed by atoms with van der Waals surface area (Å²) in [5.41, 5.74) is 2.49. The van der Waals surface area contributed by atoms with Gasteiger partial charge in [0.25, 0.3) is 5.91 Å². The van der Waals surface area contributed by atoms with Gasteiger partial charge in [-0.15, -0.1) is 0 Å². The lowest BCUT2D eigenvalue weighted by molar-refractivity contribution is -0.118. The number of carbonyl (C=O) groups is 1. The van der Waals surface area contributed by atoms with Gasteiger partial charge in [0.15, 0.2) is 6.61 Å². The summed E-state index contributed by atoms with van der Waals surface area (Å²) in [6, 6.07) is 11.8. The lowest BCUT2D eigenvalue weighted by atomic mass is 10.00. The lowest BCUT2D eigenvalue weighted by Crippen LogP contribution is -2.19. The summed E-state index contributed by atoms with van der Waals surface area (Å²) in [6.07, 6.45) is 6.90. The Hall–Kier alpha value is -3.74. The Bertz CT molecular complexity index is 1140. The van der Waals surface area contributed by atoms with Crippen molar-refractivity contribution in [3.63, 3.8) is 0 Å². The van der Waals surface area contributed by atoms with Crippen LogP contribution in [-0.4, -0.2) is 32.3 Å². The average molecular weight is 373 g/mol. The first-order valence-corrected chi connectivity index (χ1v) is 8.81. The number of aromatic nitrogens is 4. The van der Waals surface area contributed by atoms with Gasteiger partial charge in [-0.3, -0.25) is 9.48 Å². The molecule has 0 unspecified atom stereocenters. The molecule has 0 spiro atoms. The van der Waals surface area contributed by atoms with Crippen LogP contribution in [-0.2, 0) is 11.8 Å². The number of hydrogen-bond acceptors (Lipinski definition) is 5. The molecule has 0 atom stereocenters. The monoisotopic (exact) mass is 373 g/mol. The number of hydrogen-bond donors (Lipinski definition) is 1. The van der Waals surface area contributed by atoms with E-state index in [0.29, 0.717) is 17.3 Å². The van der Waals surface area contributed by atoms with Gasteiger partial charge in [0.05, 0.1) is 11.9 Å². The van der Waals surface area contributed by atoms with Crippen molar-refractivity contribution in [1.29, 1.82) is 0 Å². The molecule has 0 saturated carbocycles. The van der Waals surface area contributed by atoms with Gasteiger partial charge < -0.3 is 10.1 Å². The maximum Gasteiger partial charge on any atom is 0.262 e. The maximum absolute atomic E-state index is 12.2. The third-order valence-electron chi connectivity index (χ3n) is 4.29. The highest BCUT2D eigenvalue weighted by Crippen LogP contribution is 2.32. The molecule has 0 bridgehead atoms. The van der Waals surface area contributed by atoms with Gasteiger partial charge in [-0.1, -0.05) is 24.3 Å². The van der Waals surface area contributed by atoms with Crippen molar-refractivity contribution in [2.75, 3.05) is 11.9 Å². The second kappa shape index (κ2) is 7.48. The quantitative estimate of drug-likeness (QED) is 0.580. The molecular formula is C21H19N5O2. The Morgan fingerprint density at radius 2 is 1.93 bits per heavy atom. The first-order chi connectivity index (χ1) is 13.6. The van der Waals surface area contributed by atoms with Gasteiger partial charge in [-0.05, 0) is 35.4 Å². The zero-order valence-electron chi connectivity index (χ0n) is 15.6. The number of benzene rings is 2. The average Bonchev–Trinajstić information content (AvgIpc) is 3.11. The summed E-state index contributed by atoms with van der Waals surface area (Å²) in [7, 11) is 1.79. The first kappa shape index (κ1) is 17.7. The van der Waals surface area contributed by atoms with Gasteiger partial charge >= 0.3 is 0 Å². The Morgan fingerprint density at radius 3 is 2.68 bits per heavy atom. The predicted octanol–water partition coefficient (Wildman–Crippen LogP) is 3.36. The number of nitrogens with zero attached hydrogens (tertiary/aromatic N) is 4. The summed E-state index contributed by atoms with van der Waals surface area (Å²) in [6.45, 7) is 1.75. The number of anilines is 1. The molecular weight excluding hydrogens is 354 g/mol. The normalized spacial score (nSPS) is 10.8. The second-order valence-corrected chi connectivity index (χ2v) is 6.45. The SMILES string of the molecule is Cc1ncc(-c2cc(OCC(=O)Nc3cnn(C)c3)cc3ccccc23)cn1. The van der Waals surface area contributed by atoms with Crippen LogP contribution in [0.5, 0.6) is 5.75 Å². The highest BCUT2D eigenvalue weighted by molar-refractivity contribution is 5.98. The molecule has 1 N–H and O–H groups in total. The molecule has 0 fully saturated rings. The number of nitrogens with one attached hydrogen (secondary N) is 1. The molecule has 0 saturated heterocycles. The molecule has 0 radical (unpaired) electrons. The van der Waals surface area contributed by atoms with Gasteiger partial charge in [-0.2, -0.15) is 5.10 Å². The van der Waals surface area contributed by atoms with Crippen LogP contribution in [0.1, 0.15) is 5.82 Å². The van der Waals surface area contributed by atoms with Crippen LogP contribution in [0.15, 0.2) is 61.2 Å². The van der Waals surface area contributed by atoms with Crippen LogP contribution < -0.4 is 10.1 Å². The van der Waals surface area contributed by atoms with Crippen molar-refractivity contribution < 1.29 is 9.53 Å². The van der Waals surface area contributed by atoms with Crippen molar-refractivity contribution in [2.24, 2.45) is 7.05 Å². The first-order valence-electron chi connectivity index (χ1n) is 8.81. The highest BCUT2D eigenvalue weighted by Gasteiger charge is 2.10. The molecule has 0 aliphatic rings. The van der Waals surface area contributed by atoms with E-state index in [9.17, 15) is 4.79 Å². The van der Waals surface area contributed by atoms with E-state index < -0.39 is 0 Å². The van der Waals surface area contributed by atoms with E-state index in [1.54, 1.807) is 36.5 Å². The van der Waals surface area contributed by atoms with E-state index in [-0.39, 0.29) is 12.5 Å². The van der Waals surface area contributed by atoms with Crippen LogP contribution in [0.2, 0.25) is 0 Å². The molecule has 140 valence electrons. The molecule has 2 aromatic heterocycles. The number of fused-ring (bicyclic) bond motifs is 1. The van der Waals surface area contributed by atoms with E-state index in [0.717, 1.165) is 21.9 Å². The number of carbonyl (C=O) groups excluding carboxylic acids is 1. The molecule has 28 heavy (non-hydrogen) atoms. The van der Waals surface area contributed by atoms with Crippen LogP contribution >= 0.6 is 0 Å². The zero-order valence-corrected chi connectivity index (χ0v) is 15.6. The second-order valence-electron chi connectivity index (χ2n) is 6.45. The minimum atomic E-state index is -0.249. The predicted molar refractivity (Wildman–Crippen MR) is 107 cm³/mol. The number of ether oxygens (including phenoxy) is 1. The Kier molecular flexibility index (Phi) is 4.72. The molecule has 7 heteroatoms. The van der Waals surface area contributed by atoms with Gasteiger partial charge in [0, 0.05) is 31.2 Å². The van der Waals surface area contributed by atoms with Crippen LogP contribution in [0.4, 0.5) is 5.69 Å². The molecule has 1 amide bonds. The van der Waals surface area contributed by atoms with E-state index in [1.165, 1.54) is 0 Å². The summed E-state index contributed by atoms with van der Waals surface area (Å²) in [5, 5.41) is 8.87. The smallest absolute Gasteiger partial charge is 0.262 e. The number of rotatable bonds is 5. The summed E-state index contributed by atoms with van der Waals surface area (Å²) in [4.78, 5) is 20.7. The molecule has 2 heterocycles. The fourth-order valence-electron chi connectivity index (χ4n) is 2.97. The topological polar surface area (TPSA) is 81.9 Å². The van der Waals surface area contributed by atoms with E-state index in [2.05, 4.69) is 20.4 Å². The van der Waals surface area contributed by atoms with Gasteiger partial charge in [0.2, 0.25) is 0 Å². The fraction of sp³-hybridized carbons (Fsp3) is 0.143. The molecule has 0 aliphatic carbocycles. The van der Waals surface area contributed by atoms with Gasteiger partial charge in [-0.25, -0.2) is 9.97 Å². The Morgan fingerprint density at radius 1 is 1.14 bits per heavy atom. The fourth-order valence-corrected chi connectivity index (χ4v) is 2.97. The van der Waals surface area contributed by atoms with Crippen LogP contribution in [0.3, 0.4) is 0 Å². The summed E-state index contributed by atoms with van der Waals surface area (Å²) < 4.78 is 7.38. The zero-order chi connectivity index (χ0) is 19.5. The molecule has 2 aromatic carbocycles. The summed E-state index contributed by atoms with van der Waals surface area (Å²) >= 11 is 0. The molecule has 4 rings (SSSR count). The Labute approximate surface area is 162 Å². The number of aryl methyl sites for hydroxylation is 2. The lowest BCUT2D eigenvalue weighted by Gasteiger charge is -2.12. The van der Waals surface area contributed by atoms with Crippen molar-refractivity contribution >= 4 is 22.4 Å². The van der Waals surface area contributed by atoms with E-state index in [4.69, 9.17) is 4.74 Å². The molecule has 4 aromatic rings. The van der Waals surface area contributed by atoms with Gasteiger partial charge in [0.1, 0.15) is 11.6 Å². The van der Waals surface area contributed by atoms with Crippen LogP contribution in [0.25, 0.3) is 21.9 Å². The van der Waals surface area contributed by atoms with E-state index in [1.807, 2.05) is 43.3 Å². The third kappa shape index (κ3) is 3.83.